The summed E-state index contributed by atoms with van der Waals surface area (Å²) < 4.78 is 36.9. The Bertz CT molecular complexity index is 1020. The summed E-state index contributed by atoms with van der Waals surface area (Å²) in [7, 11) is -0.590. The van der Waals surface area contributed by atoms with Crippen LogP contribution in [0.15, 0.2) is 36.4 Å². The van der Waals surface area contributed by atoms with Crippen molar-refractivity contribution in [1.82, 2.24) is 5.32 Å². The zero-order valence-corrected chi connectivity index (χ0v) is 19.3. The van der Waals surface area contributed by atoms with Crippen molar-refractivity contribution in [2.45, 2.75) is 39.8 Å². The molecule has 0 saturated carbocycles. The van der Waals surface area contributed by atoms with Crippen molar-refractivity contribution >= 4 is 21.6 Å². The largest absolute Gasteiger partial charge is 0.493 e. The highest BCUT2D eigenvalue weighted by Crippen LogP contribution is 2.30. The van der Waals surface area contributed by atoms with Gasteiger partial charge in [0, 0.05) is 0 Å². The van der Waals surface area contributed by atoms with E-state index >= 15 is 0 Å². The van der Waals surface area contributed by atoms with Crippen molar-refractivity contribution in [3.63, 3.8) is 0 Å². The Morgan fingerprint density at radius 1 is 1.00 bits per heavy atom. The van der Waals surface area contributed by atoms with Crippen molar-refractivity contribution in [2.75, 3.05) is 24.8 Å². The van der Waals surface area contributed by atoms with Crippen LogP contribution >= 0.6 is 0 Å². The number of rotatable bonds is 8. The average molecular weight is 435 g/mol. The molecule has 164 valence electrons. The second kappa shape index (κ2) is 9.38. The van der Waals surface area contributed by atoms with E-state index in [0.717, 1.165) is 22.9 Å². The van der Waals surface area contributed by atoms with Crippen LogP contribution in [-0.4, -0.2) is 40.8 Å². The minimum Gasteiger partial charge on any atom is -0.493 e. The van der Waals surface area contributed by atoms with E-state index in [9.17, 15) is 13.2 Å². The summed E-state index contributed by atoms with van der Waals surface area (Å²) in [6.07, 6.45) is 1.11. The number of aryl methyl sites for hydroxylation is 2. The number of methoxy groups -OCH3 is 2. The molecule has 0 aliphatic heterocycles. The first-order valence-corrected chi connectivity index (χ1v) is 11.4. The van der Waals surface area contributed by atoms with Gasteiger partial charge in [-0.25, -0.2) is 8.42 Å². The lowest BCUT2D eigenvalue weighted by molar-refractivity contribution is -0.122. The summed E-state index contributed by atoms with van der Waals surface area (Å²) in [6.45, 7) is 7.12. The van der Waals surface area contributed by atoms with Crippen molar-refractivity contribution < 1.29 is 22.7 Å². The summed E-state index contributed by atoms with van der Waals surface area (Å²) in [5.41, 5.74) is 3.00. The Morgan fingerprint density at radius 2 is 1.63 bits per heavy atom. The SMILES string of the molecule is COc1ccc(C(C)NC(=O)C(C)N(c2cc(C)ccc2C)S(C)(=O)=O)cc1OC. The van der Waals surface area contributed by atoms with Crippen molar-refractivity contribution in [3.05, 3.63) is 53.1 Å². The monoisotopic (exact) mass is 434 g/mol. The van der Waals surface area contributed by atoms with E-state index in [1.54, 1.807) is 39.3 Å². The predicted molar refractivity (Wildman–Crippen MR) is 119 cm³/mol. The molecule has 2 atom stereocenters. The van der Waals surface area contributed by atoms with Gasteiger partial charge in [-0.1, -0.05) is 18.2 Å². The summed E-state index contributed by atoms with van der Waals surface area (Å²) in [5, 5.41) is 2.90. The standard InChI is InChI=1S/C22H30N2O5S/c1-14-8-9-15(2)19(12-14)24(30(7,26)27)17(4)22(25)23-16(3)18-10-11-20(28-5)21(13-18)29-6/h8-13,16-17H,1-7H3,(H,23,25). The number of ether oxygens (including phenoxy) is 2. The second-order valence-corrected chi connectivity index (χ2v) is 9.23. The molecular formula is C22H30N2O5S. The van der Waals surface area contributed by atoms with E-state index in [1.807, 2.05) is 39.0 Å². The van der Waals surface area contributed by atoms with Crippen LogP contribution in [0.5, 0.6) is 11.5 Å². The fraction of sp³-hybridized carbons (Fsp3) is 0.409. The number of benzene rings is 2. The Morgan fingerprint density at radius 3 is 2.20 bits per heavy atom. The number of nitrogens with zero attached hydrogens (tertiary/aromatic N) is 1. The van der Waals surface area contributed by atoms with Crippen LogP contribution in [0.2, 0.25) is 0 Å². The summed E-state index contributed by atoms with van der Waals surface area (Å²) in [5.74, 6) is 0.743. The first-order chi connectivity index (χ1) is 14.0. The van der Waals surface area contributed by atoms with Gasteiger partial charge >= 0.3 is 0 Å². The molecule has 1 amide bonds. The molecule has 2 aromatic rings. The first-order valence-electron chi connectivity index (χ1n) is 9.58. The van der Waals surface area contributed by atoms with Gasteiger partial charge in [0.15, 0.2) is 11.5 Å². The third kappa shape index (κ3) is 5.24. The number of anilines is 1. The molecule has 0 radical (unpaired) electrons. The number of carbonyl (C=O) groups excluding carboxylic acids is 1. The Labute approximate surface area is 179 Å². The molecule has 0 aliphatic rings. The number of amides is 1. The van der Waals surface area contributed by atoms with Gasteiger partial charge in [0.05, 0.1) is 32.2 Å². The average Bonchev–Trinajstić information content (AvgIpc) is 2.68. The lowest BCUT2D eigenvalue weighted by Gasteiger charge is -2.30. The summed E-state index contributed by atoms with van der Waals surface area (Å²) >= 11 is 0. The first kappa shape index (κ1) is 23.5. The normalized spacial score (nSPS) is 13.3. The highest BCUT2D eigenvalue weighted by atomic mass is 32.2. The number of nitrogens with one attached hydrogen (secondary N) is 1. The minimum atomic E-state index is -3.69. The molecule has 2 rings (SSSR count). The highest BCUT2D eigenvalue weighted by molar-refractivity contribution is 7.92. The van der Waals surface area contributed by atoms with Gasteiger partial charge in [0.25, 0.3) is 0 Å². The molecule has 30 heavy (non-hydrogen) atoms. The molecule has 0 bridgehead atoms. The Balaban J connectivity index is 2.30. The van der Waals surface area contributed by atoms with Gasteiger partial charge in [-0.15, -0.1) is 0 Å². The van der Waals surface area contributed by atoms with Crippen molar-refractivity contribution in [1.29, 1.82) is 0 Å². The van der Waals surface area contributed by atoms with Crippen LogP contribution in [0.25, 0.3) is 0 Å². The maximum absolute atomic E-state index is 13.0. The third-order valence-corrected chi connectivity index (χ3v) is 6.18. The fourth-order valence-corrected chi connectivity index (χ4v) is 4.50. The number of hydrogen-bond acceptors (Lipinski definition) is 5. The zero-order chi connectivity index (χ0) is 22.6. The molecular weight excluding hydrogens is 404 g/mol. The fourth-order valence-electron chi connectivity index (χ4n) is 3.28. The number of sulfonamides is 1. The van der Waals surface area contributed by atoms with E-state index in [4.69, 9.17) is 9.47 Å². The smallest absolute Gasteiger partial charge is 0.244 e. The van der Waals surface area contributed by atoms with Gasteiger partial charge in [-0.05, 0) is 62.6 Å². The van der Waals surface area contributed by atoms with Gasteiger partial charge in [0.1, 0.15) is 6.04 Å². The van der Waals surface area contributed by atoms with E-state index in [-0.39, 0.29) is 6.04 Å². The second-order valence-electron chi connectivity index (χ2n) is 7.37. The van der Waals surface area contributed by atoms with Crippen LogP contribution in [0.3, 0.4) is 0 Å². The molecule has 0 heterocycles. The molecule has 1 N–H and O–H groups in total. The van der Waals surface area contributed by atoms with E-state index < -0.39 is 22.0 Å². The molecule has 7 nitrogen and oxygen atoms in total. The van der Waals surface area contributed by atoms with Crippen LogP contribution in [0.4, 0.5) is 5.69 Å². The zero-order valence-electron chi connectivity index (χ0n) is 18.5. The third-order valence-electron chi connectivity index (χ3n) is 4.96. The van der Waals surface area contributed by atoms with E-state index in [1.165, 1.54) is 4.31 Å². The van der Waals surface area contributed by atoms with Crippen LogP contribution < -0.4 is 19.1 Å². The van der Waals surface area contributed by atoms with Crippen LogP contribution in [0, 0.1) is 13.8 Å². The molecule has 0 spiro atoms. The maximum Gasteiger partial charge on any atom is 0.244 e. The molecule has 0 fully saturated rings. The molecule has 0 saturated heterocycles. The van der Waals surface area contributed by atoms with E-state index in [2.05, 4.69) is 5.32 Å². The summed E-state index contributed by atoms with van der Waals surface area (Å²) in [4.78, 5) is 13.0. The van der Waals surface area contributed by atoms with Gasteiger partial charge in [-0.3, -0.25) is 9.10 Å². The van der Waals surface area contributed by atoms with Gasteiger partial charge < -0.3 is 14.8 Å². The van der Waals surface area contributed by atoms with Gasteiger partial charge in [-0.2, -0.15) is 0 Å². The molecule has 8 heteroatoms. The number of hydrogen-bond donors (Lipinski definition) is 1. The van der Waals surface area contributed by atoms with Crippen molar-refractivity contribution in [3.8, 4) is 11.5 Å². The lowest BCUT2D eigenvalue weighted by Crippen LogP contribution is -2.48. The quantitative estimate of drug-likeness (QED) is 0.689. The minimum absolute atomic E-state index is 0.361. The van der Waals surface area contributed by atoms with Crippen molar-refractivity contribution in [2.24, 2.45) is 0 Å². The number of carbonyl (C=O) groups is 1. The van der Waals surface area contributed by atoms with Crippen LogP contribution in [-0.2, 0) is 14.8 Å². The predicted octanol–water partition coefficient (Wildman–Crippen LogP) is 3.35. The topological polar surface area (TPSA) is 84.9 Å². The highest BCUT2D eigenvalue weighted by Gasteiger charge is 2.31. The maximum atomic E-state index is 13.0. The summed E-state index contributed by atoms with van der Waals surface area (Å²) in [6, 6.07) is 9.62. The molecule has 0 aliphatic carbocycles. The molecule has 0 aromatic heterocycles. The van der Waals surface area contributed by atoms with Crippen LogP contribution in [0.1, 0.15) is 36.6 Å². The van der Waals surface area contributed by atoms with E-state index in [0.29, 0.717) is 17.2 Å². The molecule has 2 unspecified atom stereocenters. The Kier molecular flexibility index (Phi) is 7.36. The lowest BCUT2D eigenvalue weighted by atomic mass is 10.1. The molecule has 2 aromatic carbocycles. The Hall–Kier alpha value is -2.74. The van der Waals surface area contributed by atoms with Gasteiger partial charge in [0.2, 0.25) is 15.9 Å².